The van der Waals surface area contributed by atoms with Gasteiger partial charge in [-0.15, -0.1) is 11.3 Å². The van der Waals surface area contributed by atoms with Crippen molar-refractivity contribution in [1.29, 1.82) is 0 Å². The lowest BCUT2D eigenvalue weighted by Crippen LogP contribution is -2.35. The van der Waals surface area contributed by atoms with Gasteiger partial charge in [0.15, 0.2) is 5.13 Å². The Morgan fingerprint density at radius 1 is 1.14 bits per heavy atom. The maximum atomic E-state index is 12.8. The number of carbonyl (C=O) groups is 1. The van der Waals surface area contributed by atoms with E-state index in [4.69, 9.17) is 11.6 Å². The normalized spacial score (nSPS) is 14.5. The molecular weight excluding hydrogens is 418 g/mol. The van der Waals surface area contributed by atoms with Crippen molar-refractivity contribution < 1.29 is 13.2 Å². The third kappa shape index (κ3) is 3.81. The molecule has 0 radical (unpaired) electrons. The van der Waals surface area contributed by atoms with Crippen LogP contribution in [0, 0.1) is 0 Å². The van der Waals surface area contributed by atoms with Crippen LogP contribution in [0.5, 0.6) is 0 Å². The molecule has 9 heteroatoms. The minimum atomic E-state index is -3.56. The fourth-order valence-electron chi connectivity index (χ4n) is 2.97. The molecule has 0 unspecified atom stereocenters. The van der Waals surface area contributed by atoms with Crippen molar-refractivity contribution in [3.8, 4) is 0 Å². The van der Waals surface area contributed by atoms with Crippen LogP contribution in [0.3, 0.4) is 0 Å². The number of rotatable bonds is 4. The number of nitrogens with zero attached hydrogens (tertiary/aromatic N) is 2. The molecule has 3 aromatic rings. The summed E-state index contributed by atoms with van der Waals surface area (Å²) in [5.41, 5.74) is 1.26. The van der Waals surface area contributed by atoms with Crippen molar-refractivity contribution in [2.75, 3.05) is 11.9 Å². The van der Waals surface area contributed by atoms with E-state index in [2.05, 4.69) is 10.3 Å². The summed E-state index contributed by atoms with van der Waals surface area (Å²) in [4.78, 5) is 18.0. The Labute approximate surface area is 171 Å². The standard InChI is InChI=1S/C19H16ClN3O3S2/c20-14-6-4-5-13(11-14)18(24)22-19-21-16-9-10-23(12-17(16)27-19)28(25,26)15-7-2-1-3-8-15/h1-8,11H,9-10,12H2,(H,21,22,24). The molecule has 0 fully saturated rings. The molecule has 0 saturated carbocycles. The van der Waals surface area contributed by atoms with Crippen molar-refractivity contribution >= 4 is 44.0 Å². The summed E-state index contributed by atoms with van der Waals surface area (Å²) in [5, 5.41) is 3.70. The monoisotopic (exact) mass is 433 g/mol. The Morgan fingerprint density at radius 2 is 1.93 bits per heavy atom. The van der Waals surface area contributed by atoms with Gasteiger partial charge in [-0.1, -0.05) is 35.9 Å². The summed E-state index contributed by atoms with van der Waals surface area (Å²) in [6, 6.07) is 15.0. The van der Waals surface area contributed by atoms with Crippen LogP contribution >= 0.6 is 22.9 Å². The Bertz CT molecular complexity index is 1130. The number of benzene rings is 2. The van der Waals surface area contributed by atoms with Crippen LogP contribution in [-0.4, -0.2) is 30.2 Å². The minimum Gasteiger partial charge on any atom is -0.298 e. The largest absolute Gasteiger partial charge is 0.298 e. The van der Waals surface area contributed by atoms with Crippen molar-refractivity contribution in [3.05, 3.63) is 75.8 Å². The zero-order valence-electron chi connectivity index (χ0n) is 14.6. The van der Waals surface area contributed by atoms with Gasteiger partial charge in [-0.25, -0.2) is 13.4 Å². The maximum Gasteiger partial charge on any atom is 0.257 e. The van der Waals surface area contributed by atoms with Crippen LogP contribution in [0.4, 0.5) is 5.13 Å². The Hall–Kier alpha value is -2.26. The number of amides is 1. The third-order valence-corrected chi connectivity index (χ3v) is 7.48. The first-order valence-corrected chi connectivity index (χ1v) is 11.2. The van der Waals surface area contributed by atoms with Crippen LogP contribution in [0.25, 0.3) is 0 Å². The third-order valence-electron chi connectivity index (χ3n) is 4.38. The van der Waals surface area contributed by atoms with E-state index in [0.717, 1.165) is 10.6 Å². The van der Waals surface area contributed by atoms with Gasteiger partial charge in [0.1, 0.15) is 0 Å². The second-order valence-corrected chi connectivity index (χ2v) is 9.71. The van der Waals surface area contributed by atoms with Gasteiger partial charge in [0, 0.05) is 28.4 Å². The van der Waals surface area contributed by atoms with E-state index in [0.29, 0.717) is 28.7 Å². The van der Waals surface area contributed by atoms with E-state index in [1.807, 2.05) is 0 Å². The predicted octanol–water partition coefficient (Wildman–Crippen LogP) is 3.80. The van der Waals surface area contributed by atoms with E-state index < -0.39 is 10.0 Å². The van der Waals surface area contributed by atoms with Gasteiger partial charge in [0.2, 0.25) is 10.0 Å². The lowest BCUT2D eigenvalue weighted by Gasteiger charge is -2.25. The highest BCUT2D eigenvalue weighted by Gasteiger charge is 2.30. The van der Waals surface area contributed by atoms with Gasteiger partial charge < -0.3 is 0 Å². The summed E-state index contributed by atoms with van der Waals surface area (Å²) in [6.45, 7) is 0.604. The maximum absolute atomic E-state index is 12.8. The second kappa shape index (κ2) is 7.63. The number of carbonyl (C=O) groups excluding carboxylic acids is 1. The molecule has 2 heterocycles. The summed E-state index contributed by atoms with van der Waals surface area (Å²) in [5.74, 6) is -0.303. The first kappa shape index (κ1) is 19.1. The average molecular weight is 434 g/mol. The van der Waals surface area contributed by atoms with E-state index in [1.165, 1.54) is 15.6 Å². The summed E-state index contributed by atoms with van der Waals surface area (Å²) in [7, 11) is -3.56. The first-order chi connectivity index (χ1) is 13.4. The van der Waals surface area contributed by atoms with E-state index in [9.17, 15) is 13.2 Å². The van der Waals surface area contributed by atoms with Gasteiger partial charge in [-0.05, 0) is 30.3 Å². The number of sulfonamides is 1. The van der Waals surface area contributed by atoms with Gasteiger partial charge in [0.05, 0.1) is 17.1 Å². The number of hydrogen-bond donors (Lipinski definition) is 1. The fourth-order valence-corrected chi connectivity index (χ4v) is 5.69. The Morgan fingerprint density at radius 3 is 2.68 bits per heavy atom. The number of thiazole rings is 1. The summed E-state index contributed by atoms with van der Waals surface area (Å²) in [6.07, 6.45) is 0.505. The molecule has 0 bridgehead atoms. The zero-order chi connectivity index (χ0) is 19.7. The van der Waals surface area contributed by atoms with Crippen molar-refractivity contribution in [2.24, 2.45) is 0 Å². The second-order valence-electron chi connectivity index (χ2n) is 6.26. The summed E-state index contributed by atoms with van der Waals surface area (Å²) < 4.78 is 27.1. The zero-order valence-corrected chi connectivity index (χ0v) is 17.0. The molecule has 0 atom stereocenters. The predicted molar refractivity (Wildman–Crippen MR) is 109 cm³/mol. The molecule has 0 saturated heterocycles. The molecule has 144 valence electrons. The van der Waals surface area contributed by atoms with Crippen LogP contribution < -0.4 is 5.32 Å². The van der Waals surface area contributed by atoms with Gasteiger partial charge >= 0.3 is 0 Å². The molecule has 1 N–H and O–H groups in total. The van der Waals surface area contributed by atoms with E-state index in [1.54, 1.807) is 54.6 Å². The highest BCUT2D eigenvalue weighted by Crippen LogP contribution is 2.31. The number of halogens is 1. The molecule has 1 aliphatic heterocycles. The van der Waals surface area contributed by atoms with Crippen LogP contribution in [0.15, 0.2) is 59.5 Å². The van der Waals surface area contributed by atoms with Gasteiger partial charge in [0.25, 0.3) is 5.91 Å². The molecule has 1 aliphatic rings. The van der Waals surface area contributed by atoms with Gasteiger partial charge in [-0.3, -0.25) is 10.1 Å². The summed E-state index contributed by atoms with van der Waals surface area (Å²) >= 11 is 7.22. The number of hydrogen-bond acceptors (Lipinski definition) is 5. The molecule has 0 spiro atoms. The Kier molecular flexibility index (Phi) is 5.20. The molecule has 4 rings (SSSR count). The SMILES string of the molecule is O=C(Nc1nc2c(s1)CN(S(=O)(=O)c1ccccc1)CC2)c1cccc(Cl)c1. The topological polar surface area (TPSA) is 79.4 Å². The molecule has 1 aromatic heterocycles. The van der Waals surface area contributed by atoms with E-state index >= 15 is 0 Å². The van der Waals surface area contributed by atoms with E-state index in [-0.39, 0.29) is 17.3 Å². The molecule has 6 nitrogen and oxygen atoms in total. The fraction of sp³-hybridized carbons (Fsp3) is 0.158. The molecule has 28 heavy (non-hydrogen) atoms. The van der Waals surface area contributed by atoms with Crippen LogP contribution in [0.1, 0.15) is 20.9 Å². The highest BCUT2D eigenvalue weighted by atomic mass is 35.5. The van der Waals surface area contributed by atoms with Crippen LogP contribution in [-0.2, 0) is 23.0 Å². The quantitative estimate of drug-likeness (QED) is 0.678. The van der Waals surface area contributed by atoms with Crippen molar-refractivity contribution in [2.45, 2.75) is 17.9 Å². The number of aromatic nitrogens is 1. The molecule has 2 aromatic carbocycles. The lowest BCUT2D eigenvalue weighted by molar-refractivity contribution is 0.102. The van der Waals surface area contributed by atoms with Crippen LogP contribution in [0.2, 0.25) is 5.02 Å². The molecule has 0 aliphatic carbocycles. The molecular formula is C19H16ClN3O3S2. The van der Waals surface area contributed by atoms with Crippen molar-refractivity contribution in [3.63, 3.8) is 0 Å². The average Bonchev–Trinajstić information content (AvgIpc) is 3.10. The van der Waals surface area contributed by atoms with Crippen molar-refractivity contribution in [1.82, 2.24) is 9.29 Å². The number of fused-ring (bicyclic) bond motifs is 1. The molecule has 1 amide bonds. The first-order valence-electron chi connectivity index (χ1n) is 8.54. The Balaban J connectivity index is 1.52. The number of nitrogens with one attached hydrogen (secondary N) is 1. The number of anilines is 1. The minimum absolute atomic E-state index is 0.247. The van der Waals surface area contributed by atoms with Gasteiger partial charge in [-0.2, -0.15) is 4.31 Å². The lowest BCUT2D eigenvalue weighted by atomic mass is 10.2. The highest BCUT2D eigenvalue weighted by molar-refractivity contribution is 7.89. The smallest absolute Gasteiger partial charge is 0.257 e.